The fourth-order valence-electron chi connectivity index (χ4n) is 4.10. The zero-order valence-corrected chi connectivity index (χ0v) is 17.0. The first kappa shape index (κ1) is 20.2. The summed E-state index contributed by atoms with van der Waals surface area (Å²) in [5, 5.41) is 10.3. The maximum atomic E-state index is 12.8. The van der Waals surface area contributed by atoms with Crippen molar-refractivity contribution in [2.45, 2.75) is 44.7 Å². The third-order valence-electron chi connectivity index (χ3n) is 5.73. The molecule has 1 fully saturated rings. The van der Waals surface area contributed by atoms with E-state index in [0.717, 1.165) is 29.3 Å². The number of hydrogen-bond acceptors (Lipinski definition) is 3. The Bertz CT molecular complexity index is 1020. The number of amides is 2. The fourth-order valence-corrected chi connectivity index (χ4v) is 4.10. The molecule has 1 aliphatic rings. The SMILES string of the molecule is O=C(CNC1CCCCC1)Nc1ccccc1C(=O)NCc1cccc2[nH]ccc12. The average molecular weight is 405 g/mol. The quantitative estimate of drug-likeness (QED) is 0.481. The Morgan fingerprint density at radius 3 is 2.67 bits per heavy atom. The molecule has 30 heavy (non-hydrogen) atoms. The number of nitrogens with one attached hydrogen (secondary N) is 4. The lowest BCUT2D eigenvalue weighted by atomic mass is 9.95. The van der Waals surface area contributed by atoms with Crippen molar-refractivity contribution in [2.24, 2.45) is 0 Å². The summed E-state index contributed by atoms with van der Waals surface area (Å²) in [6, 6.07) is 15.5. The first-order chi connectivity index (χ1) is 14.7. The van der Waals surface area contributed by atoms with Gasteiger partial charge < -0.3 is 20.9 Å². The number of carbonyl (C=O) groups excluding carboxylic acids is 2. The van der Waals surface area contributed by atoms with E-state index in [1.54, 1.807) is 18.2 Å². The summed E-state index contributed by atoms with van der Waals surface area (Å²) in [6.45, 7) is 0.676. The molecule has 0 atom stereocenters. The Kier molecular flexibility index (Phi) is 6.44. The second kappa shape index (κ2) is 9.59. The van der Waals surface area contributed by atoms with Crippen LogP contribution in [0.5, 0.6) is 0 Å². The van der Waals surface area contributed by atoms with Crippen LogP contribution in [0.2, 0.25) is 0 Å². The minimum absolute atomic E-state index is 0.127. The number of carbonyl (C=O) groups is 2. The van der Waals surface area contributed by atoms with Crippen molar-refractivity contribution in [1.29, 1.82) is 0 Å². The number of rotatable bonds is 7. The van der Waals surface area contributed by atoms with Gasteiger partial charge in [-0.2, -0.15) is 0 Å². The van der Waals surface area contributed by atoms with E-state index in [0.29, 0.717) is 23.8 Å². The molecule has 0 aliphatic heterocycles. The molecule has 0 radical (unpaired) electrons. The molecule has 0 unspecified atom stereocenters. The molecule has 1 saturated carbocycles. The monoisotopic (exact) mass is 404 g/mol. The van der Waals surface area contributed by atoms with Gasteiger partial charge in [-0.15, -0.1) is 0 Å². The number of benzene rings is 2. The van der Waals surface area contributed by atoms with E-state index in [-0.39, 0.29) is 18.4 Å². The van der Waals surface area contributed by atoms with Gasteiger partial charge in [0, 0.05) is 29.7 Å². The second-order valence-corrected chi connectivity index (χ2v) is 7.85. The standard InChI is InChI=1S/C24H28N4O2/c29-23(16-26-18-8-2-1-3-9-18)28-22-11-5-4-10-20(22)24(30)27-15-17-7-6-12-21-19(17)13-14-25-21/h4-7,10-14,18,25-26H,1-3,8-9,15-16H2,(H,27,30)(H,28,29). The third kappa shape index (κ3) is 4.89. The maximum Gasteiger partial charge on any atom is 0.253 e. The Hall–Kier alpha value is -3.12. The average Bonchev–Trinajstić information content (AvgIpc) is 3.27. The zero-order valence-electron chi connectivity index (χ0n) is 17.0. The predicted octanol–water partition coefficient (Wildman–Crippen LogP) is 3.96. The summed E-state index contributed by atoms with van der Waals surface area (Å²) in [4.78, 5) is 28.4. The molecule has 0 bridgehead atoms. The molecule has 4 rings (SSSR count). The van der Waals surface area contributed by atoms with Gasteiger partial charge in [-0.05, 0) is 42.7 Å². The van der Waals surface area contributed by atoms with Gasteiger partial charge in [0.1, 0.15) is 0 Å². The molecule has 6 heteroatoms. The molecule has 4 N–H and O–H groups in total. The minimum Gasteiger partial charge on any atom is -0.361 e. The molecule has 1 aromatic heterocycles. The summed E-state index contributed by atoms with van der Waals surface area (Å²) in [5.74, 6) is -0.336. The van der Waals surface area contributed by atoms with Crippen LogP contribution in [0, 0.1) is 0 Å². The molecule has 0 spiro atoms. The van der Waals surface area contributed by atoms with Crippen molar-refractivity contribution in [2.75, 3.05) is 11.9 Å². The van der Waals surface area contributed by atoms with Crippen LogP contribution in [-0.2, 0) is 11.3 Å². The van der Waals surface area contributed by atoms with E-state index < -0.39 is 0 Å². The Morgan fingerprint density at radius 2 is 1.80 bits per heavy atom. The number of anilines is 1. The molecule has 2 aromatic carbocycles. The number of aromatic amines is 1. The highest BCUT2D eigenvalue weighted by molar-refractivity contribution is 6.04. The number of aromatic nitrogens is 1. The van der Waals surface area contributed by atoms with Crippen molar-refractivity contribution in [1.82, 2.24) is 15.6 Å². The van der Waals surface area contributed by atoms with Gasteiger partial charge in [0.2, 0.25) is 5.91 Å². The van der Waals surface area contributed by atoms with Crippen molar-refractivity contribution < 1.29 is 9.59 Å². The van der Waals surface area contributed by atoms with Crippen molar-refractivity contribution in [3.05, 3.63) is 65.9 Å². The van der Waals surface area contributed by atoms with Crippen LogP contribution in [0.1, 0.15) is 48.0 Å². The fraction of sp³-hybridized carbons (Fsp3) is 0.333. The largest absolute Gasteiger partial charge is 0.361 e. The number of fused-ring (bicyclic) bond motifs is 1. The summed E-state index contributed by atoms with van der Waals surface area (Å²) in [6.07, 6.45) is 7.87. The molecule has 1 aliphatic carbocycles. The Balaban J connectivity index is 1.36. The van der Waals surface area contributed by atoms with Crippen LogP contribution >= 0.6 is 0 Å². The lowest BCUT2D eigenvalue weighted by molar-refractivity contribution is -0.115. The van der Waals surface area contributed by atoms with E-state index in [9.17, 15) is 9.59 Å². The molecular weight excluding hydrogens is 376 g/mol. The highest BCUT2D eigenvalue weighted by atomic mass is 16.2. The van der Waals surface area contributed by atoms with Gasteiger partial charge in [-0.3, -0.25) is 9.59 Å². The van der Waals surface area contributed by atoms with Crippen LogP contribution in [0.3, 0.4) is 0 Å². The number of hydrogen-bond donors (Lipinski definition) is 4. The number of para-hydroxylation sites is 1. The molecule has 156 valence electrons. The van der Waals surface area contributed by atoms with Gasteiger partial charge >= 0.3 is 0 Å². The summed E-state index contributed by atoms with van der Waals surface area (Å²) >= 11 is 0. The lowest BCUT2D eigenvalue weighted by Crippen LogP contribution is -2.37. The topological polar surface area (TPSA) is 86.0 Å². The van der Waals surface area contributed by atoms with E-state index in [1.807, 2.05) is 36.5 Å². The van der Waals surface area contributed by atoms with Crippen LogP contribution < -0.4 is 16.0 Å². The third-order valence-corrected chi connectivity index (χ3v) is 5.73. The van der Waals surface area contributed by atoms with E-state index in [1.165, 1.54) is 19.3 Å². The van der Waals surface area contributed by atoms with Gasteiger partial charge in [0.15, 0.2) is 0 Å². The van der Waals surface area contributed by atoms with Crippen LogP contribution in [0.4, 0.5) is 5.69 Å². The highest BCUT2D eigenvalue weighted by Crippen LogP contribution is 2.19. The van der Waals surface area contributed by atoms with Crippen molar-refractivity contribution >= 4 is 28.4 Å². The van der Waals surface area contributed by atoms with Crippen LogP contribution in [0.25, 0.3) is 10.9 Å². The van der Waals surface area contributed by atoms with Crippen LogP contribution in [0.15, 0.2) is 54.7 Å². The smallest absolute Gasteiger partial charge is 0.253 e. The van der Waals surface area contributed by atoms with Crippen LogP contribution in [-0.4, -0.2) is 29.4 Å². The summed E-state index contributed by atoms with van der Waals surface area (Å²) in [7, 11) is 0. The zero-order chi connectivity index (χ0) is 20.8. The lowest BCUT2D eigenvalue weighted by Gasteiger charge is -2.22. The summed E-state index contributed by atoms with van der Waals surface area (Å²) in [5.41, 5.74) is 3.08. The Morgan fingerprint density at radius 1 is 0.967 bits per heavy atom. The van der Waals surface area contributed by atoms with E-state index in [2.05, 4.69) is 20.9 Å². The predicted molar refractivity (Wildman–Crippen MR) is 119 cm³/mol. The van der Waals surface area contributed by atoms with Gasteiger partial charge in [-0.1, -0.05) is 43.5 Å². The van der Waals surface area contributed by atoms with Gasteiger partial charge in [0.25, 0.3) is 5.91 Å². The minimum atomic E-state index is -0.210. The first-order valence-corrected chi connectivity index (χ1v) is 10.7. The van der Waals surface area contributed by atoms with Crippen molar-refractivity contribution in [3.8, 4) is 0 Å². The Labute approximate surface area is 176 Å². The van der Waals surface area contributed by atoms with Gasteiger partial charge in [0.05, 0.1) is 17.8 Å². The molecule has 0 saturated heterocycles. The normalized spacial score (nSPS) is 14.5. The van der Waals surface area contributed by atoms with Crippen molar-refractivity contribution in [3.63, 3.8) is 0 Å². The molecule has 1 heterocycles. The first-order valence-electron chi connectivity index (χ1n) is 10.7. The molecule has 6 nitrogen and oxygen atoms in total. The highest BCUT2D eigenvalue weighted by Gasteiger charge is 2.16. The molecular formula is C24H28N4O2. The number of H-pyrrole nitrogens is 1. The van der Waals surface area contributed by atoms with Gasteiger partial charge in [-0.25, -0.2) is 0 Å². The summed E-state index contributed by atoms with van der Waals surface area (Å²) < 4.78 is 0. The molecule has 3 aromatic rings. The molecule has 2 amide bonds. The maximum absolute atomic E-state index is 12.8. The van der Waals surface area contributed by atoms with E-state index in [4.69, 9.17) is 0 Å². The second-order valence-electron chi connectivity index (χ2n) is 7.85. The van der Waals surface area contributed by atoms with E-state index >= 15 is 0 Å².